The second-order valence-corrected chi connectivity index (χ2v) is 4.06. The van der Waals surface area contributed by atoms with Gasteiger partial charge in [-0.05, 0) is 25.1 Å². The van der Waals surface area contributed by atoms with E-state index in [1.165, 1.54) is 6.07 Å². The summed E-state index contributed by atoms with van der Waals surface area (Å²) >= 11 is 0. The Kier molecular flexibility index (Phi) is 3.38. The normalized spacial score (nSPS) is 20.4. The van der Waals surface area contributed by atoms with Crippen LogP contribution in [0.2, 0.25) is 0 Å². The number of carbonyl (C=O) groups excluding carboxylic acids is 1. The lowest BCUT2D eigenvalue weighted by Crippen LogP contribution is -2.44. The van der Waals surface area contributed by atoms with Crippen LogP contribution in [-0.2, 0) is 4.74 Å². The number of carbonyl (C=O) groups is 1. The highest BCUT2D eigenvalue weighted by molar-refractivity contribution is 5.94. The molecule has 3 nitrogen and oxygen atoms in total. The Morgan fingerprint density at radius 1 is 1.41 bits per heavy atom. The maximum Gasteiger partial charge on any atom is 0.254 e. The van der Waals surface area contributed by atoms with Crippen molar-refractivity contribution in [1.82, 2.24) is 4.90 Å². The molecule has 1 aliphatic heterocycles. The first-order valence-corrected chi connectivity index (χ1v) is 5.44. The van der Waals surface area contributed by atoms with Gasteiger partial charge in [0.15, 0.2) is 11.6 Å². The minimum atomic E-state index is -1.00. The van der Waals surface area contributed by atoms with E-state index in [2.05, 4.69) is 0 Å². The van der Waals surface area contributed by atoms with Gasteiger partial charge in [0.1, 0.15) is 0 Å². The van der Waals surface area contributed by atoms with Crippen LogP contribution in [0.5, 0.6) is 0 Å². The largest absolute Gasteiger partial charge is 0.375 e. The van der Waals surface area contributed by atoms with Gasteiger partial charge in [0.2, 0.25) is 0 Å². The van der Waals surface area contributed by atoms with Gasteiger partial charge in [-0.3, -0.25) is 4.79 Å². The van der Waals surface area contributed by atoms with Crippen molar-refractivity contribution in [3.05, 3.63) is 35.4 Å². The van der Waals surface area contributed by atoms with Crippen molar-refractivity contribution in [2.75, 3.05) is 19.7 Å². The summed E-state index contributed by atoms with van der Waals surface area (Å²) in [5, 5.41) is 0. The molecule has 0 aliphatic carbocycles. The van der Waals surface area contributed by atoms with Crippen LogP contribution in [0, 0.1) is 11.6 Å². The molecule has 2 rings (SSSR count). The van der Waals surface area contributed by atoms with E-state index in [9.17, 15) is 13.6 Å². The summed E-state index contributed by atoms with van der Waals surface area (Å²) in [5.74, 6) is -2.24. The highest BCUT2D eigenvalue weighted by Gasteiger charge is 2.23. The Morgan fingerprint density at radius 2 is 2.18 bits per heavy atom. The van der Waals surface area contributed by atoms with Crippen LogP contribution in [0.1, 0.15) is 17.3 Å². The van der Waals surface area contributed by atoms with E-state index in [0.29, 0.717) is 19.7 Å². The van der Waals surface area contributed by atoms with Crippen molar-refractivity contribution < 1.29 is 18.3 Å². The molecule has 0 radical (unpaired) electrons. The van der Waals surface area contributed by atoms with E-state index in [1.54, 1.807) is 4.90 Å². The van der Waals surface area contributed by atoms with Gasteiger partial charge >= 0.3 is 0 Å². The van der Waals surface area contributed by atoms with Gasteiger partial charge in [-0.1, -0.05) is 0 Å². The summed E-state index contributed by atoms with van der Waals surface area (Å²) in [5.41, 5.74) is 0.165. The van der Waals surface area contributed by atoms with Crippen LogP contribution < -0.4 is 0 Å². The van der Waals surface area contributed by atoms with E-state index >= 15 is 0 Å². The summed E-state index contributed by atoms with van der Waals surface area (Å²) in [6.45, 7) is 3.28. The monoisotopic (exact) mass is 241 g/mol. The second-order valence-electron chi connectivity index (χ2n) is 4.06. The number of ether oxygens (including phenoxy) is 1. The van der Waals surface area contributed by atoms with E-state index in [0.717, 1.165) is 12.1 Å². The van der Waals surface area contributed by atoms with Crippen LogP contribution in [0.4, 0.5) is 8.78 Å². The number of benzene rings is 1. The summed E-state index contributed by atoms with van der Waals surface area (Å²) in [7, 11) is 0. The zero-order chi connectivity index (χ0) is 12.4. The highest BCUT2D eigenvalue weighted by atomic mass is 19.2. The Labute approximate surface area is 98.0 Å². The van der Waals surface area contributed by atoms with Gasteiger partial charge in [-0.15, -0.1) is 0 Å². The molecule has 0 N–H and O–H groups in total. The van der Waals surface area contributed by atoms with Crippen molar-refractivity contribution in [1.29, 1.82) is 0 Å². The first-order valence-electron chi connectivity index (χ1n) is 5.44. The van der Waals surface area contributed by atoms with Crippen molar-refractivity contribution in [3.63, 3.8) is 0 Å². The third-order valence-electron chi connectivity index (χ3n) is 2.69. The van der Waals surface area contributed by atoms with Crippen molar-refractivity contribution in [2.24, 2.45) is 0 Å². The van der Waals surface area contributed by atoms with Gasteiger partial charge in [0.05, 0.1) is 12.7 Å². The van der Waals surface area contributed by atoms with Gasteiger partial charge in [0.25, 0.3) is 5.91 Å². The number of nitrogens with zero attached hydrogens (tertiary/aromatic N) is 1. The fourth-order valence-corrected chi connectivity index (χ4v) is 1.81. The van der Waals surface area contributed by atoms with Crippen LogP contribution in [0.25, 0.3) is 0 Å². The summed E-state index contributed by atoms with van der Waals surface area (Å²) in [6, 6.07) is 3.19. The molecule has 5 heteroatoms. The molecule has 0 bridgehead atoms. The van der Waals surface area contributed by atoms with Crippen molar-refractivity contribution in [2.45, 2.75) is 13.0 Å². The minimum Gasteiger partial charge on any atom is -0.375 e. The Morgan fingerprint density at radius 3 is 2.82 bits per heavy atom. The van der Waals surface area contributed by atoms with Crippen LogP contribution in [-0.4, -0.2) is 36.6 Å². The fraction of sp³-hybridized carbons (Fsp3) is 0.417. The number of morpholine rings is 1. The lowest BCUT2D eigenvalue weighted by Gasteiger charge is -2.31. The molecule has 1 aliphatic rings. The third-order valence-corrected chi connectivity index (χ3v) is 2.69. The molecule has 1 aromatic rings. The Bertz CT molecular complexity index is 437. The van der Waals surface area contributed by atoms with Crippen LogP contribution in [0.15, 0.2) is 18.2 Å². The average molecular weight is 241 g/mol. The SMILES string of the molecule is CC1CN(C(=O)c2ccc(F)c(F)c2)CCO1. The van der Waals surface area contributed by atoms with E-state index in [4.69, 9.17) is 4.74 Å². The fourth-order valence-electron chi connectivity index (χ4n) is 1.81. The Balaban J connectivity index is 2.15. The topological polar surface area (TPSA) is 29.5 Å². The first kappa shape index (κ1) is 12.0. The highest BCUT2D eigenvalue weighted by Crippen LogP contribution is 2.13. The molecule has 1 saturated heterocycles. The van der Waals surface area contributed by atoms with Gasteiger partial charge in [-0.25, -0.2) is 8.78 Å². The average Bonchev–Trinajstić information content (AvgIpc) is 2.32. The molecule has 1 amide bonds. The second kappa shape index (κ2) is 4.79. The number of halogens is 2. The quantitative estimate of drug-likeness (QED) is 0.750. The lowest BCUT2D eigenvalue weighted by molar-refractivity contribution is -0.0124. The number of hydrogen-bond donors (Lipinski definition) is 0. The summed E-state index contributed by atoms with van der Waals surface area (Å²) < 4.78 is 31.1. The van der Waals surface area contributed by atoms with Crippen LogP contribution in [0.3, 0.4) is 0 Å². The Hall–Kier alpha value is -1.49. The van der Waals surface area contributed by atoms with Gasteiger partial charge in [-0.2, -0.15) is 0 Å². The minimum absolute atomic E-state index is 0.0296. The maximum absolute atomic E-state index is 13.0. The first-order chi connectivity index (χ1) is 8.08. The molecule has 0 spiro atoms. The maximum atomic E-state index is 13.0. The van der Waals surface area contributed by atoms with Crippen molar-refractivity contribution >= 4 is 5.91 Å². The van der Waals surface area contributed by atoms with Gasteiger partial charge in [0, 0.05) is 18.7 Å². The molecule has 1 unspecified atom stereocenters. The number of hydrogen-bond acceptors (Lipinski definition) is 2. The molecule has 1 heterocycles. The standard InChI is InChI=1S/C12H13F2NO2/c1-8-7-15(4-5-17-8)12(16)9-2-3-10(13)11(14)6-9/h2-3,6,8H,4-5,7H2,1H3. The predicted molar refractivity (Wildman–Crippen MR) is 57.7 cm³/mol. The van der Waals surface area contributed by atoms with E-state index < -0.39 is 11.6 Å². The molecule has 1 fully saturated rings. The zero-order valence-electron chi connectivity index (χ0n) is 9.45. The molecule has 0 aromatic heterocycles. The van der Waals surface area contributed by atoms with Crippen LogP contribution >= 0.6 is 0 Å². The zero-order valence-corrected chi connectivity index (χ0v) is 9.45. The molecule has 1 aromatic carbocycles. The third kappa shape index (κ3) is 2.61. The van der Waals surface area contributed by atoms with E-state index in [-0.39, 0.29) is 17.6 Å². The molecule has 17 heavy (non-hydrogen) atoms. The number of rotatable bonds is 1. The van der Waals surface area contributed by atoms with Crippen molar-refractivity contribution in [3.8, 4) is 0 Å². The van der Waals surface area contributed by atoms with Gasteiger partial charge < -0.3 is 9.64 Å². The molecular weight excluding hydrogens is 228 g/mol. The lowest BCUT2D eigenvalue weighted by atomic mass is 10.1. The molecule has 0 saturated carbocycles. The molecular formula is C12H13F2NO2. The summed E-state index contributed by atoms with van der Waals surface area (Å²) in [6.07, 6.45) is -0.0296. The smallest absolute Gasteiger partial charge is 0.254 e. The molecule has 92 valence electrons. The summed E-state index contributed by atoms with van der Waals surface area (Å²) in [4.78, 5) is 13.6. The predicted octanol–water partition coefficient (Wildman–Crippen LogP) is 1.83. The number of amides is 1. The van der Waals surface area contributed by atoms with E-state index in [1.807, 2.05) is 6.92 Å². The molecule has 1 atom stereocenters.